The fraction of sp³-hybridized carbons (Fsp3) is 0.250. The van der Waals surface area contributed by atoms with Gasteiger partial charge in [0.15, 0.2) is 11.5 Å². The Labute approximate surface area is 138 Å². The number of ketones is 1. The molecule has 0 aliphatic carbocycles. The highest BCUT2D eigenvalue weighted by atomic mass is 35.5. The summed E-state index contributed by atoms with van der Waals surface area (Å²) in [6.45, 7) is 3.27. The van der Waals surface area contributed by atoms with Crippen molar-refractivity contribution in [2.45, 2.75) is 13.8 Å². The molecule has 122 valence electrons. The third-order valence-electron chi connectivity index (χ3n) is 3.55. The van der Waals surface area contributed by atoms with Crippen molar-refractivity contribution in [3.63, 3.8) is 0 Å². The molecule has 0 amide bonds. The van der Waals surface area contributed by atoms with Crippen LogP contribution in [0, 0.1) is 13.8 Å². The molecule has 0 spiro atoms. The normalized spacial score (nSPS) is 10.5. The molecule has 1 aromatic heterocycles. The lowest BCUT2D eigenvalue weighted by Gasteiger charge is -2.15. The number of halogens is 1. The molecule has 2 aromatic rings. The number of aryl methyl sites for hydroxylation is 1. The molecule has 0 saturated heterocycles. The van der Waals surface area contributed by atoms with Crippen molar-refractivity contribution >= 4 is 17.4 Å². The molecule has 0 bridgehead atoms. The molecule has 1 heterocycles. The first-order valence-electron chi connectivity index (χ1n) is 6.66. The average molecular weight is 338 g/mol. The molecular formula is C16H16ClNO5. The highest BCUT2D eigenvalue weighted by Crippen LogP contribution is 2.42. The number of hydrogen-bond acceptors (Lipinski definition) is 6. The molecule has 0 atom stereocenters. The minimum absolute atomic E-state index is 0.0613. The first-order chi connectivity index (χ1) is 10.8. The van der Waals surface area contributed by atoms with E-state index in [1.807, 2.05) is 0 Å². The van der Waals surface area contributed by atoms with E-state index in [-0.39, 0.29) is 22.8 Å². The van der Waals surface area contributed by atoms with Crippen molar-refractivity contribution in [1.29, 1.82) is 0 Å². The van der Waals surface area contributed by atoms with Crippen molar-refractivity contribution in [2.75, 3.05) is 14.2 Å². The molecule has 23 heavy (non-hydrogen) atoms. The standard InChI is InChI=1S/C16H16ClNO5/c1-7-5-10(22-3)13(19)15(21)11(7)14(20)12-8(2)9(17)6-18-16(12)23-4/h5-6,19,21H,1-4H3. The van der Waals surface area contributed by atoms with Gasteiger partial charge in [-0.1, -0.05) is 11.6 Å². The van der Waals surface area contributed by atoms with Crippen molar-refractivity contribution in [1.82, 2.24) is 4.98 Å². The summed E-state index contributed by atoms with van der Waals surface area (Å²) in [7, 11) is 2.73. The van der Waals surface area contributed by atoms with Crippen LogP contribution in [-0.2, 0) is 0 Å². The van der Waals surface area contributed by atoms with Gasteiger partial charge in [-0.05, 0) is 31.0 Å². The Balaban J connectivity index is 2.73. The van der Waals surface area contributed by atoms with Gasteiger partial charge in [-0.3, -0.25) is 4.79 Å². The molecule has 0 aliphatic rings. The summed E-state index contributed by atoms with van der Waals surface area (Å²) in [5, 5.41) is 20.4. The molecule has 2 N–H and O–H groups in total. The number of methoxy groups -OCH3 is 2. The van der Waals surface area contributed by atoms with E-state index in [1.165, 1.54) is 26.5 Å². The van der Waals surface area contributed by atoms with Crippen LogP contribution in [0.3, 0.4) is 0 Å². The molecular weight excluding hydrogens is 322 g/mol. The van der Waals surface area contributed by atoms with E-state index in [0.29, 0.717) is 16.1 Å². The van der Waals surface area contributed by atoms with Gasteiger partial charge in [-0.15, -0.1) is 0 Å². The highest BCUT2D eigenvalue weighted by molar-refractivity contribution is 6.32. The Kier molecular flexibility index (Phi) is 4.65. The second-order valence-electron chi connectivity index (χ2n) is 4.91. The van der Waals surface area contributed by atoms with Crippen LogP contribution in [0.25, 0.3) is 0 Å². The third-order valence-corrected chi connectivity index (χ3v) is 3.93. The number of rotatable bonds is 4. The molecule has 1 aromatic carbocycles. The van der Waals surface area contributed by atoms with Gasteiger partial charge >= 0.3 is 0 Å². The van der Waals surface area contributed by atoms with Crippen LogP contribution in [0.1, 0.15) is 27.0 Å². The Hall–Kier alpha value is -2.47. The van der Waals surface area contributed by atoms with Gasteiger partial charge in [0.05, 0.1) is 30.4 Å². The fourth-order valence-corrected chi connectivity index (χ4v) is 2.45. The number of carbonyl (C=O) groups excluding carboxylic acids is 1. The second-order valence-corrected chi connectivity index (χ2v) is 5.32. The average Bonchev–Trinajstić information content (AvgIpc) is 2.53. The number of benzene rings is 1. The zero-order valence-corrected chi connectivity index (χ0v) is 13.9. The molecule has 0 fully saturated rings. The monoisotopic (exact) mass is 337 g/mol. The quantitative estimate of drug-likeness (QED) is 0.658. The van der Waals surface area contributed by atoms with Crippen LogP contribution < -0.4 is 9.47 Å². The predicted octanol–water partition coefficient (Wildman–Crippen LogP) is 3.01. The Morgan fingerprint density at radius 3 is 2.35 bits per heavy atom. The fourth-order valence-electron chi connectivity index (χ4n) is 2.30. The SMILES string of the molecule is COc1cc(C)c(C(=O)c2c(OC)ncc(Cl)c2C)c(O)c1O. The number of hydrogen-bond donors (Lipinski definition) is 2. The van der Waals surface area contributed by atoms with E-state index < -0.39 is 17.3 Å². The smallest absolute Gasteiger partial charge is 0.224 e. The number of nitrogens with zero attached hydrogens (tertiary/aromatic N) is 1. The summed E-state index contributed by atoms with van der Waals surface area (Å²) in [4.78, 5) is 16.9. The molecule has 0 aliphatic heterocycles. The first-order valence-corrected chi connectivity index (χ1v) is 7.04. The third kappa shape index (κ3) is 2.77. The maximum atomic E-state index is 12.9. The number of pyridine rings is 1. The lowest BCUT2D eigenvalue weighted by molar-refractivity contribution is 0.103. The summed E-state index contributed by atoms with van der Waals surface area (Å²) >= 11 is 6.03. The van der Waals surface area contributed by atoms with E-state index in [1.54, 1.807) is 13.8 Å². The predicted molar refractivity (Wildman–Crippen MR) is 85.0 cm³/mol. The molecule has 7 heteroatoms. The number of aromatic nitrogens is 1. The van der Waals surface area contributed by atoms with Crippen molar-refractivity contribution in [3.05, 3.63) is 39.5 Å². The molecule has 0 unspecified atom stereocenters. The van der Waals surface area contributed by atoms with Crippen molar-refractivity contribution in [2.24, 2.45) is 0 Å². The maximum absolute atomic E-state index is 12.9. The zero-order chi connectivity index (χ0) is 17.3. The Bertz CT molecular complexity index is 789. The van der Waals surface area contributed by atoms with Gasteiger partial charge in [0, 0.05) is 6.20 Å². The first kappa shape index (κ1) is 16.9. The zero-order valence-electron chi connectivity index (χ0n) is 13.1. The van der Waals surface area contributed by atoms with E-state index >= 15 is 0 Å². The second kappa shape index (κ2) is 6.34. The van der Waals surface area contributed by atoms with Crippen LogP contribution >= 0.6 is 11.6 Å². The molecule has 2 rings (SSSR count). The minimum Gasteiger partial charge on any atom is -0.504 e. The summed E-state index contributed by atoms with van der Waals surface area (Å²) in [6, 6.07) is 1.46. The number of carbonyl (C=O) groups is 1. The largest absolute Gasteiger partial charge is 0.504 e. The van der Waals surface area contributed by atoms with Crippen LogP contribution in [-0.4, -0.2) is 35.2 Å². The van der Waals surface area contributed by atoms with Gasteiger partial charge in [0.1, 0.15) is 0 Å². The van der Waals surface area contributed by atoms with E-state index in [9.17, 15) is 15.0 Å². The summed E-state index contributed by atoms with van der Waals surface area (Å²) in [6.07, 6.45) is 1.38. The Morgan fingerprint density at radius 2 is 1.78 bits per heavy atom. The van der Waals surface area contributed by atoms with Crippen molar-refractivity contribution < 1.29 is 24.5 Å². The summed E-state index contributed by atoms with van der Waals surface area (Å²) in [5.41, 5.74) is 0.970. The van der Waals surface area contributed by atoms with Gasteiger partial charge in [0.25, 0.3) is 0 Å². The lowest BCUT2D eigenvalue weighted by Crippen LogP contribution is -2.10. The molecule has 6 nitrogen and oxygen atoms in total. The van der Waals surface area contributed by atoms with Crippen LogP contribution in [0.2, 0.25) is 5.02 Å². The van der Waals surface area contributed by atoms with Gasteiger partial charge in [-0.25, -0.2) is 4.98 Å². The number of ether oxygens (including phenoxy) is 2. The Morgan fingerprint density at radius 1 is 1.13 bits per heavy atom. The number of phenolic OH excluding ortho intramolecular Hbond substituents is 2. The number of phenols is 2. The molecule has 0 radical (unpaired) electrons. The minimum atomic E-state index is -0.562. The van der Waals surface area contributed by atoms with Gasteiger partial charge in [0.2, 0.25) is 17.4 Å². The van der Waals surface area contributed by atoms with Crippen LogP contribution in [0.15, 0.2) is 12.3 Å². The summed E-state index contributed by atoms with van der Waals surface area (Å²) in [5.74, 6) is -1.46. The van der Waals surface area contributed by atoms with E-state index in [0.717, 1.165) is 0 Å². The van der Waals surface area contributed by atoms with Gasteiger partial charge in [-0.2, -0.15) is 0 Å². The van der Waals surface area contributed by atoms with E-state index in [2.05, 4.69) is 4.98 Å². The van der Waals surface area contributed by atoms with E-state index in [4.69, 9.17) is 21.1 Å². The highest BCUT2D eigenvalue weighted by Gasteiger charge is 2.27. The molecule has 0 saturated carbocycles. The lowest BCUT2D eigenvalue weighted by atomic mass is 9.95. The summed E-state index contributed by atoms with van der Waals surface area (Å²) < 4.78 is 10.1. The van der Waals surface area contributed by atoms with Gasteiger partial charge < -0.3 is 19.7 Å². The topological polar surface area (TPSA) is 88.9 Å². The number of aromatic hydroxyl groups is 2. The van der Waals surface area contributed by atoms with Crippen molar-refractivity contribution in [3.8, 4) is 23.1 Å². The van der Waals surface area contributed by atoms with Crippen LogP contribution in [0.4, 0.5) is 0 Å². The van der Waals surface area contributed by atoms with Crippen LogP contribution in [0.5, 0.6) is 23.1 Å². The maximum Gasteiger partial charge on any atom is 0.224 e.